The van der Waals surface area contributed by atoms with Crippen LogP contribution in [0.15, 0.2) is 47.1 Å². The van der Waals surface area contributed by atoms with Gasteiger partial charge in [0.25, 0.3) is 5.91 Å². The summed E-state index contributed by atoms with van der Waals surface area (Å²) in [5.41, 5.74) is 6.36. The van der Waals surface area contributed by atoms with Crippen molar-refractivity contribution < 1.29 is 18.0 Å². The first-order valence-corrected chi connectivity index (χ1v) is 10.4. The van der Waals surface area contributed by atoms with Gasteiger partial charge in [0.2, 0.25) is 15.9 Å². The first-order chi connectivity index (χ1) is 13.3. The maximum absolute atomic E-state index is 12.9. The van der Waals surface area contributed by atoms with Crippen LogP contribution < -0.4 is 11.1 Å². The molecule has 2 amide bonds. The second-order valence-corrected chi connectivity index (χ2v) is 9.47. The standard InChI is InChI=1S/C16H18N6O4S2/c1-22(9-10-2-5-18-6-3-10)28(25,26)13-8-11(14(17)23)16(27-13)20-15(24)12-4-7-19-21-12/h2-8,11,16H,9H2,1H3,(H2,17,23)(H,19,21)(H,20,24). The predicted octanol–water partition coefficient (Wildman–Crippen LogP) is 0.0121. The molecule has 0 aromatic carbocycles. The van der Waals surface area contributed by atoms with E-state index in [1.54, 1.807) is 24.5 Å². The molecule has 0 bridgehead atoms. The van der Waals surface area contributed by atoms with E-state index in [4.69, 9.17) is 5.73 Å². The lowest BCUT2D eigenvalue weighted by Gasteiger charge is -2.19. The second kappa shape index (κ2) is 8.12. The highest BCUT2D eigenvalue weighted by atomic mass is 32.3. The average molecular weight is 422 g/mol. The molecule has 12 heteroatoms. The number of aromatic nitrogens is 3. The van der Waals surface area contributed by atoms with Crippen LogP contribution in [0.3, 0.4) is 0 Å². The molecule has 0 aliphatic carbocycles. The molecule has 0 spiro atoms. The zero-order valence-electron chi connectivity index (χ0n) is 14.8. The number of carbonyl (C=O) groups excluding carboxylic acids is 2. The summed E-state index contributed by atoms with van der Waals surface area (Å²) in [5.74, 6) is -2.21. The van der Waals surface area contributed by atoms with Crippen LogP contribution in [0.4, 0.5) is 0 Å². The van der Waals surface area contributed by atoms with Gasteiger partial charge in [-0.25, -0.2) is 8.42 Å². The molecule has 10 nitrogen and oxygen atoms in total. The van der Waals surface area contributed by atoms with Crippen molar-refractivity contribution >= 4 is 33.6 Å². The number of amides is 2. The Bertz CT molecular complexity index is 991. The molecule has 4 N–H and O–H groups in total. The normalized spacial score (nSPS) is 19.4. The van der Waals surface area contributed by atoms with Gasteiger partial charge in [-0.2, -0.15) is 9.40 Å². The Kier molecular flexibility index (Phi) is 5.82. The number of H-pyrrole nitrogens is 1. The number of hydrogen-bond donors (Lipinski definition) is 3. The van der Waals surface area contributed by atoms with E-state index in [0.717, 1.165) is 21.6 Å². The fraction of sp³-hybridized carbons (Fsp3) is 0.250. The SMILES string of the molecule is CN(Cc1ccncc1)S(=O)(=O)C1=CC(C(N)=O)C(NC(=O)c2ccn[nH]2)S1. The molecule has 1 aliphatic heterocycles. The van der Waals surface area contributed by atoms with E-state index >= 15 is 0 Å². The number of nitrogens with zero attached hydrogens (tertiary/aromatic N) is 3. The fourth-order valence-electron chi connectivity index (χ4n) is 2.54. The molecule has 2 atom stereocenters. The number of primary amides is 1. The monoisotopic (exact) mass is 422 g/mol. The van der Waals surface area contributed by atoms with E-state index < -0.39 is 33.1 Å². The highest BCUT2D eigenvalue weighted by Crippen LogP contribution is 2.39. The van der Waals surface area contributed by atoms with Crippen LogP contribution in [0.25, 0.3) is 0 Å². The zero-order chi connectivity index (χ0) is 20.3. The summed E-state index contributed by atoms with van der Waals surface area (Å²) in [7, 11) is -2.43. The number of nitrogens with one attached hydrogen (secondary N) is 2. The maximum atomic E-state index is 12.9. The summed E-state index contributed by atoms with van der Waals surface area (Å²) >= 11 is 0.871. The van der Waals surface area contributed by atoms with Gasteiger partial charge in [0, 0.05) is 32.2 Å². The van der Waals surface area contributed by atoms with E-state index in [9.17, 15) is 18.0 Å². The van der Waals surface area contributed by atoms with Crippen LogP contribution in [0.2, 0.25) is 0 Å². The smallest absolute Gasteiger partial charge is 0.270 e. The predicted molar refractivity (Wildman–Crippen MR) is 103 cm³/mol. The summed E-state index contributed by atoms with van der Waals surface area (Å²) in [6, 6.07) is 4.88. The topological polar surface area (TPSA) is 151 Å². The maximum Gasteiger partial charge on any atom is 0.270 e. The third-order valence-corrected chi connectivity index (χ3v) is 7.60. The number of aromatic amines is 1. The number of hydrogen-bond acceptors (Lipinski definition) is 7. The van der Waals surface area contributed by atoms with Crippen molar-refractivity contribution in [2.24, 2.45) is 11.7 Å². The van der Waals surface area contributed by atoms with Gasteiger partial charge in [0.1, 0.15) is 9.93 Å². The Labute approximate surface area is 165 Å². The quantitative estimate of drug-likeness (QED) is 0.568. The highest BCUT2D eigenvalue weighted by molar-refractivity contribution is 8.18. The molecule has 2 aromatic heterocycles. The Morgan fingerprint density at radius 3 is 2.61 bits per heavy atom. The number of pyridine rings is 1. The van der Waals surface area contributed by atoms with Gasteiger partial charge in [-0.15, -0.1) is 0 Å². The van der Waals surface area contributed by atoms with Crippen molar-refractivity contribution in [3.8, 4) is 0 Å². The third kappa shape index (κ3) is 4.24. The number of rotatable bonds is 7. The van der Waals surface area contributed by atoms with Crippen molar-refractivity contribution in [1.82, 2.24) is 24.8 Å². The van der Waals surface area contributed by atoms with Gasteiger partial charge >= 0.3 is 0 Å². The Balaban J connectivity index is 1.76. The number of sulfonamides is 1. The van der Waals surface area contributed by atoms with E-state index in [2.05, 4.69) is 20.5 Å². The summed E-state index contributed by atoms with van der Waals surface area (Å²) in [5, 5.41) is 7.96. The first-order valence-electron chi connectivity index (χ1n) is 8.12. The minimum absolute atomic E-state index is 0.0391. The highest BCUT2D eigenvalue weighted by Gasteiger charge is 2.40. The van der Waals surface area contributed by atoms with Crippen molar-refractivity contribution in [1.29, 1.82) is 0 Å². The Morgan fingerprint density at radius 2 is 2.00 bits per heavy atom. The summed E-state index contributed by atoms with van der Waals surface area (Å²) in [6.07, 6.45) is 5.83. The molecule has 1 aliphatic rings. The lowest BCUT2D eigenvalue weighted by atomic mass is 10.1. The van der Waals surface area contributed by atoms with E-state index in [1.807, 2.05) is 0 Å². The number of nitrogens with two attached hydrogens (primary N) is 1. The van der Waals surface area contributed by atoms with Gasteiger partial charge in [-0.1, -0.05) is 11.8 Å². The van der Waals surface area contributed by atoms with Crippen LogP contribution in [0, 0.1) is 5.92 Å². The van der Waals surface area contributed by atoms with E-state index in [-0.39, 0.29) is 16.5 Å². The summed E-state index contributed by atoms with van der Waals surface area (Å²) in [6.45, 7) is 0.134. The summed E-state index contributed by atoms with van der Waals surface area (Å²) < 4.78 is 26.9. The van der Waals surface area contributed by atoms with Gasteiger partial charge in [0.15, 0.2) is 0 Å². The van der Waals surface area contributed by atoms with Crippen LogP contribution in [0.1, 0.15) is 16.1 Å². The first kappa shape index (κ1) is 20.0. The Morgan fingerprint density at radius 1 is 1.29 bits per heavy atom. The van der Waals surface area contributed by atoms with Gasteiger partial charge in [-0.3, -0.25) is 19.7 Å². The molecular weight excluding hydrogens is 404 g/mol. The molecule has 28 heavy (non-hydrogen) atoms. The zero-order valence-corrected chi connectivity index (χ0v) is 16.4. The molecular formula is C16H18N6O4S2. The minimum Gasteiger partial charge on any atom is -0.369 e. The van der Waals surface area contributed by atoms with Crippen LogP contribution in [-0.2, 0) is 21.4 Å². The van der Waals surface area contributed by atoms with Crippen molar-refractivity contribution in [2.75, 3.05) is 7.05 Å². The minimum atomic E-state index is -3.87. The van der Waals surface area contributed by atoms with E-state index in [1.165, 1.54) is 25.4 Å². The molecule has 3 heterocycles. The molecule has 0 fully saturated rings. The lowest BCUT2D eigenvalue weighted by molar-refractivity contribution is -0.120. The third-order valence-electron chi connectivity index (χ3n) is 4.05. The molecule has 148 valence electrons. The van der Waals surface area contributed by atoms with Crippen LogP contribution in [0.5, 0.6) is 0 Å². The van der Waals surface area contributed by atoms with Crippen molar-refractivity contribution in [3.05, 3.63) is 58.4 Å². The Hall–Kier alpha value is -2.70. The lowest BCUT2D eigenvalue weighted by Crippen LogP contribution is -2.41. The molecule has 0 radical (unpaired) electrons. The summed E-state index contributed by atoms with van der Waals surface area (Å²) in [4.78, 5) is 27.9. The molecule has 2 unspecified atom stereocenters. The molecule has 0 saturated carbocycles. The average Bonchev–Trinajstić information content (AvgIpc) is 3.32. The molecule has 0 saturated heterocycles. The van der Waals surface area contributed by atoms with Gasteiger partial charge in [-0.05, 0) is 29.8 Å². The van der Waals surface area contributed by atoms with Gasteiger partial charge < -0.3 is 11.1 Å². The number of carbonyl (C=O) groups is 2. The van der Waals surface area contributed by atoms with Crippen LogP contribution in [-0.4, -0.2) is 52.1 Å². The van der Waals surface area contributed by atoms with Crippen molar-refractivity contribution in [2.45, 2.75) is 11.9 Å². The number of thioether (sulfide) groups is 1. The van der Waals surface area contributed by atoms with Crippen LogP contribution >= 0.6 is 11.8 Å². The molecule has 2 aromatic rings. The van der Waals surface area contributed by atoms with Crippen molar-refractivity contribution in [3.63, 3.8) is 0 Å². The molecule has 3 rings (SSSR count). The van der Waals surface area contributed by atoms with Gasteiger partial charge in [0.05, 0.1) is 11.3 Å². The van der Waals surface area contributed by atoms with E-state index in [0.29, 0.717) is 0 Å². The largest absolute Gasteiger partial charge is 0.369 e. The second-order valence-electron chi connectivity index (χ2n) is 6.01. The fourth-order valence-corrected chi connectivity index (χ4v) is 5.67.